The zero-order valence-corrected chi connectivity index (χ0v) is 80.3. The molecule has 0 aromatic heterocycles. The van der Waals surface area contributed by atoms with Crippen LogP contribution in [0.1, 0.15) is 164 Å². The summed E-state index contributed by atoms with van der Waals surface area (Å²) in [5.74, 6) is -13.6. The monoisotopic (exact) mass is 1980 g/mol. The van der Waals surface area contributed by atoms with Crippen LogP contribution >= 0.6 is 0 Å². The van der Waals surface area contributed by atoms with E-state index in [1.807, 2.05) is 76.2 Å². The van der Waals surface area contributed by atoms with E-state index in [9.17, 15) is 79.8 Å². The largest absolute Gasteiger partial charge is 0.462 e. The molecule has 4 aromatic rings. The summed E-state index contributed by atoms with van der Waals surface area (Å²) in [4.78, 5) is 91.3. The van der Waals surface area contributed by atoms with Gasteiger partial charge < -0.3 is 84.8 Å². The minimum absolute atomic E-state index is 0.0670. The number of hydrogen-bond acceptors (Lipinski definition) is 40. The number of amides is 2. The zero-order chi connectivity index (χ0) is 103. The first-order valence-corrected chi connectivity index (χ1v) is 47.2. The molecule has 15 aliphatic rings. The number of nitrogens with two attached hydrogens (primary N) is 9. The molecule has 4 aromatic carbocycles. The van der Waals surface area contributed by atoms with Crippen molar-refractivity contribution in [2.75, 3.05) is 32.8 Å². The fourth-order valence-corrected chi connectivity index (χ4v) is 22.8. The number of aliphatic hydroxyl groups is 10. The Morgan fingerprint density at radius 1 is 0.390 bits per heavy atom. The van der Waals surface area contributed by atoms with Gasteiger partial charge in [-0.25, -0.2) is 68.9 Å². The van der Waals surface area contributed by atoms with Crippen molar-refractivity contribution in [1.29, 1.82) is 0 Å². The van der Waals surface area contributed by atoms with E-state index >= 15 is 0 Å². The lowest BCUT2D eigenvalue weighted by Gasteiger charge is -2.46. The number of rotatable bonds is 19. The molecule has 0 bridgehead atoms. The molecule has 6 fully saturated rings. The van der Waals surface area contributed by atoms with E-state index in [4.69, 9.17) is 80.0 Å². The third kappa shape index (κ3) is 16.2. The van der Waals surface area contributed by atoms with Gasteiger partial charge in [0.05, 0.1) is 34.8 Å². The molecule has 764 valence electrons. The summed E-state index contributed by atoms with van der Waals surface area (Å²) in [6.45, 7) is 22.5. The molecule has 6 saturated heterocycles. The van der Waals surface area contributed by atoms with Gasteiger partial charge in [0.2, 0.25) is 0 Å². The summed E-state index contributed by atoms with van der Waals surface area (Å²) in [5, 5.41) is 143. The quantitative estimate of drug-likeness (QED) is 0.0179. The second kappa shape index (κ2) is 37.5. The lowest BCUT2D eigenvalue weighted by Crippen LogP contribution is -2.92. The van der Waals surface area contributed by atoms with Crippen LogP contribution in [0.3, 0.4) is 0 Å². The van der Waals surface area contributed by atoms with Crippen molar-refractivity contribution < 1.29 is 152 Å². The maximum Gasteiger partial charge on any atom is 0.347 e. The van der Waals surface area contributed by atoms with Crippen LogP contribution in [0.25, 0.3) is 0 Å². The zero-order valence-electron chi connectivity index (χ0n) is 80.3. The van der Waals surface area contributed by atoms with Crippen LogP contribution in [-0.4, -0.2) is 357 Å². The lowest BCUT2D eigenvalue weighted by molar-refractivity contribution is -0.692. The molecule has 51 heteroatoms. The van der Waals surface area contributed by atoms with E-state index < -0.39 is 172 Å². The first kappa shape index (κ1) is 102. The van der Waals surface area contributed by atoms with Crippen LogP contribution in [0.15, 0.2) is 97.1 Å². The highest BCUT2D eigenvalue weighted by Gasteiger charge is 2.86. The van der Waals surface area contributed by atoms with E-state index in [0.29, 0.717) is 68.2 Å². The van der Waals surface area contributed by atoms with E-state index in [-0.39, 0.29) is 103 Å². The van der Waals surface area contributed by atoms with Gasteiger partial charge in [0.1, 0.15) is 62.1 Å². The van der Waals surface area contributed by atoms with Gasteiger partial charge in [-0.3, -0.25) is 108 Å². The number of guanidine groups is 9. The van der Waals surface area contributed by atoms with Gasteiger partial charge in [0, 0.05) is 13.5 Å². The molecule has 0 aliphatic carbocycles. The summed E-state index contributed by atoms with van der Waals surface area (Å²) >= 11 is 0. The summed E-state index contributed by atoms with van der Waals surface area (Å²) in [6, 6.07) is 21.1. The number of urea groups is 1. The smallest absolute Gasteiger partial charge is 0.347 e. The average Bonchev–Trinajstić information content (AvgIpc) is 1.50. The predicted octanol–water partition coefficient (Wildman–Crippen LogP) is -19.0. The molecule has 43 N–H and O–H groups in total. The van der Waals surface area contributed by atoms with Gasteiger partial charge in [0.25, 0.3) is 40.3 Å². The number of esters is 5. The number of nitrogens with zero attached hydrogens (tertiary/aromatic N) is 5. The van der Waals surface area contributed by atoms with Crippen molar-refractivity contribution in [3.8, 4) is 0 Å². The standard InChI is InChI=1S/C21H30N6O4.C20H28N6O4.C19H24N6O6.C18H23N5O5.C12H22N6O3/c1-4-6-14-16(31-17(28)12-9-7-11(3)8-10-12)21(29,30)20-15(25-18(22)26-20)13(5-2)24-19(23)27(14)20;1-4-12-14-19(25-17(21)24-14)20(28,29)15(13(5-2)26(19)18(22)23-12)30-16(27)11-8-6-10(3)7-9-11;1-9-3-5-11(6-4-9)15(27)31-13-7-25-17(21)22-12(8-30-10(2)26)14-18(25,19(13,28)29)24-16(20)23-14;1-3-11-13-17(22-15(19)21-13)18(26,27)12(8-23(17)16(25)20-11)28-14(24)10-6-4-9(2)5-7-10;1-3-6-8-11(17-9(13)16-8)12(19,20)7(21-4-2)5-18(11)10(14)15-6/h7-10,13-16,29-30H,4-6H2,1-3H3,(H5,22,23,24,25,26);6-9,12-15,28-29H,4-5H2,1-3H3,(H5,21,22,23,24,25);3-6,12-14,28-29H,7-8H2,1-2H3,(H5,20,21,22,23,24);4-7,11-13,26-27H,3,8H2,1-2H3,(H,20,25)(H3,19,21,22);6-8,19-20H,3-5H2,1-2H3,(H5,13,14,15,16,17)/p+9/t13-,14-,15-,16-,20-;12-,13-,14-,15-,19-;12-,13-,14-,18-;11-,12-,13-,17-;6-,7+,8-,11-/m00000/s1. The number of carbonyl (C=O) groups excluding carboxylic acids is 6. The minimum Gasteiger partial charge on any atom is -0.462 e. The Kier molecular flexibility index (Phi) is 27.1. The van der Waals surface area contributed by atoms with Crippen molar-refractivity contribution in [2.45, 2.75) is 288 Å². The van der Waals surface area contributed by atoms with Crippen molar-refractivity contribution in [3.63, 3.8) is 0 Å². The predicted molar refractivity (Wildman–Crippen MR) is 497 cm³/mol. The number of hydrogen-bond donors (Lipinski definition) is 34. The molecule has 19 rings (SSSR count). The Labute approximate surface area is 809 Å². The molecule has 15 aliphatic heterocycles. The molecule has 2 amide bonds. The molecule has 5 spiro atoms. The Bertz CT molecular complexity index is 5840. The van der Waals surface area contributed by atoms with Gasteiger partial charge in [-0.2, -0.15) is 0 Å². The van der Waals surface area contributed by atoms with Crippen LogP contribution < -0.4 is 130 Å². The lowest BCUT2D eigenvalue weighted by atomic mass is 9.84. The van der Waals surface area contributed by atoms with Crippen LogP contribution in [-0.2, 0) is 33.2 Å². The third-order valence-electron chi connectivity index (χ3n) is 29.5. The average molecular weight is 1980 g/mol. The fraction of sp³-hybridized carbons (Fsp3) is 0.567. The van der Waals surface area contributed by atoms with E-state index in [2.05, 4.69) is 78.1 Å². The van der Waals surface area contributed by atoms with Crippen LogP contribution in [0.2, 0.25) is 0 Å². The first-order valence-electron chi connectivity index (χ1n) is 47.2. The van der Waals surface area contributed by atoms with E-state index in [1.54, 1.807) is 111 Å². The summed E-state index contributed by atoms with van der Waals surface area (Å²) in [6.07, 6.45) is -1.77. The second-order valence-corrected chi connectivity index (χ2v) is 38.1. The number of benzene rings is 4. The number of carbonyl (C=O) groups is 6. The van der Waals surface area contributed by atoms with Crippen LogP contribution in [0.5, 0.6) is 0 Å². The number of nitrogens with one attached hydrogen (secondary N) is 15. The second-order valence-electron chi connectivity index (χ2n) is 38.1. The van der Waals surface area contributed by atoms with Crippen molar-refractivity contribution in [3.05, 3.63) is 142 Å². The fourth-order valence-electron chi connectivity index (χ4n) is 22.8. The van der Waals surface area contributed by atoms with Gasteiger partial charge >= 0.3 is 107 Å². The number of ether oxygens (including phenoxy) is 6. The van der Waals surface area contributed by atoms with Gasteiger partial charge in [0.15, 0.2) is 54.6 Å². The molecule has 22 atom stereocenters. The molecule has 15 heterocycles. The van der Waals surface area contributed by atoms with E-state index in [0.717, 1.165) is 28.7 Å². The maximum atomic E-state index is 12.9. The Hall–Kier alpha value is -13.5. The van der Waals surface area contributed by atoms with Crippen molar-refractivity contribution in [2.24, 2.45) is 51.6 Å². The van der Waals surface area contributed by atoms with Gasteiger partial charge in [-0.15, -0.1) is 0 Å². The summed E-state index contributed by atoms with van der Waals surface area (Å²) in [7, 11) is 0. The first-order chi connectivity index (χ1) is 66.5. The molecule has 0 unspecified atom stereocenters. The van der Waals surface area contributed by atoms with E-state index in [1.165, 1.54) is 16.4 Å². The van der Waals surface area contributed by atoms with Crippen molar-refractivity contribution in [1.82, 2.24) is 58.1 Å². The molecule has 0 saturated carbocycles. The Morgan fingerprint density at radius 3 is 1.11 bits per heavy atom. The molecular formula is C90H136N29O22+9. The van der Waals surface area contributed by atoms with Gasteiger partial charge in [-0.05, 0) is 122 Å². The van der Waals surface area contributed by atoms with Crippen LogP contribution in [0, 0.1) is 27.7 Å². The maximum absolute atomic E-state index is 12.9. The number of aryl methyl sites for hydroxylation is 4. The highest BCUT2D eigenvalue weighted by atomic mass is 16.6. The van der Waals surface area contributed by atoms with Crippen molar-refractivity contribution >= 4 is 89.5 Å². The molecular weight excluding hydrogens is 1840 g/mol. The molecule has 0 radical (unpaired) electrons. The minimum atomic E-state index is -2.60. The SMILES string of the molecule is CC(=O)OC[C@@H]1NC(N)=[N+]2C[C@H](OC(=O)c3ccc(C)cc3)C(O)(O)[C@@]23NC(N)=[NH+][C@@H]13.CCC[C@H]1[C@H](OC(=O)c2ccc(C)cc2)C(O)(O)[C@]23NC(N)=[NH+][C@H]2[C@H](CC)NC(N)=[N+]13.CCO[C@@H]1C[N+]2=C(N)N[C@@H](CC)[C@@H]3[NH+]=C(N)N[C@@]32C1(O)O.CC[C@@H]1NC(=O)N2C[C@H](OC(=O)c3ccc(C)cc3)C(O)(O)[C@@]23NC(N)=[NH+][C@@H]13.CC[C@@H]1NC(N)=[N+]2[C@@H](CC)[C@H](OC(=O)c3ccc(C)cc3)C(O)(O)[C@@]23NC(N)=[NH+][C@@H]13. The summed E-state index contributed by atoms with van der Waals surface area (Å²) in [5.41, 5.74) is 52.4. The normalized spacial score (nSPS) is 33.7. The highest BCUT2D eigenvalue weighted by Crippen LogP contribution is 2.49. The third-order valence-corrected chi connectivity index (χ3v) is 29.5. The van der Waals surface area contributed by atoms with Gasteiger partial charge in [-0.1, -0.05) is 119 Å². The topological polar surface area (TPSA) is 800 Å². The van der Waals surface area contributed by atoms with Crippen LogP contribution in [0.4, 0.5) is 4.79 Å². The highest BCUT2D eigenvalue weighted by molar-refractivity contribution is 5.93. The Morgan fingerprint density at radius 2 is 0.716 bits per heavy atom. The summed E-state index contributed by atoms with van der Waals surface area (Å²) < 4.78 is 39.5. The Balaban J connectivity index is 0.000000134. The molecule has 51 nitrogen and oxygen atoms in total. The molecule has 141 heavy (non-hydrogen) atoms.